The van der Waals surface area contributed by atoms with Crippen LogP contribution >= 0.6 is 0 Å². The Balaban J connectivity index is 2.29. The van der Waals surface area contributed by atoms with Gasteiger partial charge in [-0.05, 0) is 31.2 Å². The maximum Gasteiger partial charge on any atom is 0.159 e. The number of rotatable bonds is 7. The molecule has 4 heteroatoms. The number of nitrogens with two attached hydrogens (primary N) is 1. The Kier molecular flexibility index (Phi) is 5.53. The van der Waals surface area contributed by atoms with E-state index in [0.29, 0.717) is 31.9 Å². The van der Waals surface area contributed by atoms with Crippen molar-refractivity contribution in [3.05, 3.63) is 29.8 Å². The van der Waals surface area contributed by atoms with E-state index < -0.39 is 0 Å². The minimum atomic E-state index is 0.0535. The number of hydrogen-bond acceptors (Lipinski definition) is 4. The van der Waals surface area contributed by atoms with E-state index in [0.717, 1.165) is 5.75 Å². The summed E-state index contributed by atoms with van der Waals surface area (Å²) < 4.78 is 10.6. The molecule has 1 aromatic rings. The first kappa shape index (κ1) is 12.7. The van der Waals surface area contributed by atoms with E-state index >= 15 is 0 Å². The van der Waals surface area contributed by atoms with Crippen LogP contribution in [0.5, 0.6) is 5.75 Å². The highest BCUT2D eigenvalue weighted by molar-refractivity contribution is 5.94. The topological polar surface area (TPSA) is 61.5 Å². The van der Waals surface area contributed by atoms with Crippen molar-refractivity contribution in [2.24, 2.45) is 5.73 Å². The maximum absolute atomic E-state index is 11.0. The molecule has 0 atom stereocenters. The lowest BCUT2D eigenvalue weighted by Crippen LogP contribution is -2.13. The second-order valence-corrected chi connectivity index (χ2v) is 3.33. The van der Waals surface area contributed by atoms with E-state index in [4.69, 9.17) is 15.2 Å². The van der Waals surface area contributed by atoms with Crippen LogP contribution in [0.3, 0.4) is 0 Å². The molecule has 2 N–H and O–H groups in total. The molecule has 0 aromatic heterocycles. The molecule has 0 heterocycles. The van der Waals surface area contributed by atoms with Crippen molar-refractivity contribution < 1.29 is 14.3 Å². The van der Waals surface area contributed by atoms with Gasteiger partial charge in [0.25, 0.3) is 0 Å². The minimum absolute atomic E-state index is 0.0535. The summed E-state index contributed by atoms with van der Waals surface area (Å²) in [6, 6.07) is 7.05. The van der Waals surface area contributed by atoms with E-state index in [-0.39, 0.29) is 5.78 Å². The molecule has 0 aliphatic heterocycles. The van der Waals surface area contributed by atoms with Crippen LogP contribution in [0.25, 0.3) is 0 Å². The van der Waals surface area contributed by atoms with E-state index in [2.05, 4.69) is 0 Å². The predicted molar refractivity (Wildman–Crippen MR) is 61.8 cm³/mol. The Labute approximate surface area is 95.3 Å². The Morgan fingerprint density at radius 3 is 2.44 bits per heavy atom. The summed E-state index contributed by atoms with van der Waals surface area (Å²) in [6.45, 7) is 3.61. The molecule has 88 valence electrons. The third-order valence-electron chi connectivity index (χ3n) is 2.02. The van der Waals surface area contributed by atoms with Gasteiger partial charge in [0.05, 0.1) is 13.2 Å². The van der Waals surface area contributed by atoms with E-state index in [1.165, 1.54) is 6.92 Å². The van der Waals surface area contributed by atoms with Crippen LogP contribution in [0, 0.1) is 0 Å². The number of ether oxygens (including phenoxy) is 2. The lowest BCUT2D eigenvalue weighted by Gasteiger charge is -2.06. The van der Waals surface area contributed by atoms with Crippen LogP contribution in [0.4, 0.5) is 0 Å². The van der Waals surface area contributed by atoms with Gasteiger partial charge in [0.15, 0.2) is 5.78 Å². The second-order valence-electron chi connectivity index (χ2n) is 3.33. The molecular weight excluding hydrogens is 206 g/mol. The highest BCUT2D eigenvalue weighted by atomic mass is 16.5. The van der Waals surface area contributed by atoms with Gasteiger partial charge in [0.1, 0.15) is 12.4 Å². The van der Waals surface area contributed by atoms with Crippen molar-refractivity contribution in [2.75, 3.05) is 26.4 Å². The first-order valence-corrected chi connectivity index (χ1v) is 5.25. The second kappa shape index (κ2) is 6.98. The molecule has 1 rings (SSSR count). The van der Waals surface area contributed by atoms with Gasteiger partial charge in [0, 0.05) is 12.1 Å². The van der Waals surface area contributed by atoms with Crippen molar-refractivity contribution in [2.45, 2.75) is 6.92 Å². The average molecular weight is 223 g/mol. The maximum atomic E-state index is 11.0. The summed E-state index contributed by atoms with van der Waals surface area (Å²) in [5, 5.41) is 0. The Morgan fingerprint density at radius 1 is 1.19 bits per heavy atom. The van der Waals surface area contributed by atoms with Gasteiger partial charge in [-0.25, -0.2) is 0 Å². The summed E-state index contributed by atoms with van der Waals surface area (Å²) in [7, 11) is 0. The summed E-state index contributed by atoms with van der Waals surface area (Å²) in [6.07, 6.45) is 0. The normalized spacial score (nSPS) is 10.1. The fraction of sp³-hybridized carbons (Fsp3) is 0.417. The summed E-state index contributed by atoms with van der Waals surface area (Å²) in [5.41, 5.74) is 5.96. The number of Topliss-reactive ketones (excluding diaryl/α,β-unsaturated/α-hetero) is 1. The summed E-state index contributed by atoms with van der Waals surface area (Å²) in [4.78, 5) is 11.0. The largest absolute Gasteiger partial charge is 0.491 e. The van der Waals surface area contributed by atoms with Crippen LogP contribution in [-0.4, -0.2) is 32.1 Å². The lowest BCUT2D eigenvalue weighted by molar-refractivity contribution is 0.101. The molecule has 4 nitrogen and oxygen atoms in total. The molecule has 16 heavy (non-hydrogen) atoms. The van der Waals surface area contributed by atoms with Gasteiger partial charge in [-0.3, -0.25) is 4.79 Å². The van der Waals surface area contributed by atoms with Crippen molar-refractivity contribution in [3.8, 4) is 5.75 Å². The molecule has 0 amide bonds. The summed E-state index contributed by atoms with van der Waals surface area (Å²) in [5.74, 6) is 0.791. The third-order valence-corrected chi connectivity index (χ3v) is 2.02. The monoisotopic (exact) mass is 223 g/mol. The van der Waals surface area contributed by atoms with E-state index in [1.807, 2.05) is 0 Å². The minimum Gasteiger partial charge on any atom is -0.491 e. The van der Waals surface area contributed by atoms with Gasteiger partial charge in [-0.1, -0.05) is 0 Å². The molecule has 0 fully saturated rings. The van der Waals surface area contributed by atoms with Crippen molar-refractivity contribution in [1.82, 2.24) is 0 Å². The highest BCUT2D eigenvalue weighted by Crippen LogP contribution is 2.12. The van der Waals surface area contributed by atoms with Crippen LogP contribution in [0.2, 0.25) is 0 Å². The summed E-state index contributed by atoms with van der Waals surface area (Å²) >= 11 is 0. The average Bonchev–Trinajstić information content (AvgIpc) is 2.29. The first-order valence-electron chi connectivity index (χ1n) is 5.25. The Hall–Kier alpha value is -1.39. The van der Waals surface area contributed by atoms with Crippen molar-refractivity contribution in [3.63, 3.8) is 0 Å². The molecule has 0 saturated carbocycles. The Bertz CT molecular complexity index is 322. The van der Waals surface area contributed by atoms with Crippen LogP contribution in [0.15, 0.2) is 24.3 Å². The Morgan fingerprint density at radius 2 is 1.88 bits per heavy atom. The van der Waals surface area contributed by atoms with Gasteiger partial charge < -0.3 is 15.2 Å². The van der Waals surface area contributed by atoms with Gasteiger partial charge in [-0.15, -0.1) is 0 Å². The zero-order valence-corrected chi connectivity index (χ0v) is 9.44. The molecule has 0 spiro atoms. The van der Waals surface area contributed by atoms with Crippen LogP contribution < -0.4 is 10.5 Å². The quantitative estimate of drug-likeness (QED) is 0.558. The van der Waals surface area contributed by atoms with Crippen LogP contribution in [-0.2, 0) is 4.74 Å². The molecule has 1 aromatic carbocycles. The van der Waals surface area contributed by atoms with Crippen molar-refractivity contribution in [1.29, 1.82) is 0 Å². The molecule has 0 aliphatic rings. The molecule has 0 unspecified atom stereocenters. The molecule has 0 radical (unpaired) electrons. The standard InChI is InChI=1S/C12H17NO3/c1-10(14)11-2-4-12(5-3-11)16-9-8-15-7-6-13/h2-5H,6-9,13H2,1H3. The van der Waals surface area contributed by atoms with Gasteiger partial charge in [-0.2, -0.15) is 0 Å². The zero-order chi connectivity index (χ0) is 11.8. The highest BCUT2D eigenvalue weighted by Gasteiger charge is 1.99. The lowest BCUT2D eigenvalue weighted by atomic mass is 10.1. The number of benzene rings is 1. The number of carbonyl (C=O) groups is 1. The number of hydrogen-bond donors (Lipinski definition) is 1. The van der Waals surface area contributed by atoms with Gasteiger partial charge >= 0.3 is 0 Å². The fourth-order valence-corrected chi connectivity index (χ4v) is 1.19. The predicted octanol–water partition coefficient (Wildman–Crippen LogP) is 1.24. The van der Waals surface area contributed by atoms with Crippen LogP contribution in [0.1, 0.15) is 17.3 Å². The SMILES string of the molecule is CC(=O)c1ccc(OCCOCCN)cc1. The van der Waals surface area contributed by atoms with E-state index in [1.54, 1.807) is 24.3 Å². The fourth-order valence-electron chi connectivity index (χ4n) is 1.19. The van der Waals surface area contributed by atoms with Gasteiger partial charge in [0.2, 0.25) is 0 Å². The zero-order valence-electron chi connectivity index (χ0n) is 9.44. The molecule has 0 aliphatic carbocycles. The third kappa shape index (κ3) is 4.42. The van der Waals surface area contributed by atoms with E-state index in [9.17, 15) is 4.79 Å². The molecule has 0 saturated heterocycles. The number of carbonyl (C=O) groups excluding carboxylic acids is 1. The first-order chi connectivity index (χ1) is 7.74. The van der Waals surface area contributed by atoms with Crippen molar-refractivity contribution >= 4 is 5.78 Å². The smallest absolute Gasteiger partial charge is 0.159 e. The molecular formula is C12H17NO3. The number of ketones is 1. The molecule has 0 bridgehead atoms.